The van der Waals surface area contributed by atoms with Gasteiger partial charge in [0.1, 0.15) is 6.33 Å². The first-order valence-corrected chi connectivity index (χ1v) is 8.91. The molecule has 1 aromatic rings. The predicted molar refractivity (Wildman–Crippen MR) is 88.0 cm³/mol. The monoisotopic (exact) mass is 320 g/mol. The van der Waals surface area contributed by atoms with E-state index in [0.29, 0.717) is 12.6 Å². The van der Waals surface area contributed by atoms with Crippen molar-refractivity contribution in [3.8, 4) is 0 Å². The highest BCUT2D eigenvalue weighted by Crippen LogP contribution is 2.20. The Kier molecular flexibility index (Phi) is 5.48. The second-order valence-electron chi connectivity index (χ2n) is 6.51. The molecule has 0 saturated carbocycles. The Hall–Kier alpha value is -1.63. The molecule has 3 rings (SSSR count). The Morgan fingerprint density at radius 3 is 2.65 bits per heavy atom. The predicted octanol–water partition coefficient (Wildman–Crippen LogP) is 1.46. The molecular weight excluding hydrogens is 292 g/mol. The molecule has 1 aromatic heterocycles. The Labute approximate surface area is 138 Å². The summed E-state index contributed by atoms with van der Waals surface area (Å²) < 4.78 is 1.95. The van der Waals surface area contributed by atoms with Crippen LogP contribution in [0.3, 0.4) is 0 Å². The number of rotatable bonds is 4. The minimum Gasteiger partial charge on any atom is -0.331 e. The first kappa shape index (κ1) is 16.2. The number of nitrogens with one attached hydrogen (secondary N) is 1. The standard InChI is InChI=1S/C16H28N6O/c1-2-20-13-18-19-15(20)12-17-16(23)22-10-6-14(7-11-22)21-8-4-3-5-9-21/h13-14H,2-12H2,1H3,(H,17,23). The highest BCUT2D eigenvalue weighted by atomic mass is 16.2. The second kappa shape index (κ2) is 7.77. The molecule has 7 nitrogen and oxygen atoms in total. The van der Waals surface area contributed by atoms with Gasteiger partial charge in [0.25, 0.3) is 0 Å². The van der Waals surface area contributed by atoms with Gasteiger partial charge in [-0.1, -0.05) is 6.42 Å². The lowest BCUT2D eigenvalue weighted by Crippen LogP contribution is -2.50. The van der Waals surface area contributed by atoms with Crippen molar-refractivity contribution >= 4 is 6.03 Å². The van der Waals surface area contributed by atoms with Crippen molar-refractivity contribution in [3.63, 3.8) is 0 Å². The summed E-state index contributed by atoms with van der Waals surface area (Å²) in [7, 11) is 0. The summed E-state index contributed by atoms with van der Waals surface area (Å²) in [6.07, 6.45) is 7.93. The highest BCUT2D eigenvalue weighted by Gasteiger charge is 2.27. The molecule has 3 heterocycles. The molecular formula is C16H28N6O. The first-order valence-electron chi connectivity index (χ1n) is 8.91. The van der Waals surface area contributed by atoms with E-state index in [4.69, 9.17) is 0 Å². The van der Waals surface area contributed by atoms with E-state index in [1.165, 1.54) is 32.4 Å². The number of aromatic nitrogens is 3. The maximum atomic E-state index is 12.3. The molecule has 0 aliphatic carbocycles. The third-order valence-corrected chi connectivity index (χ3v) is 5.09. The van der Waals surface area contributed by atoms with Gasteiger partial charge in [0.2, 0.25) is 0 Å². The fourth-order valence-corrected chi connectivity index (χ4v) is 3.66. The van der Waals surface area contributed by atoms with Crippen LogP contribution in [-0.4, -0.2) is 62.8 Å². The zero-order chi connectivity index (χ0) is 16.1. The van der Waals surface area contributed by atoms with Crippen LogP contribution < -0.4 is 5.32 Å². The van der Waals surface area contributed by atoms with E-state index in [2.05, 4.69) is 20.4 Å². The van der Waals surface area contributed by atoms with Crippen molar-refractivity contribution in [2.45, 2.75) is 58.2 Å². The zero-order valence-corrected chi connectivity index (χ0v) is 14.1. The van der Waals surface area contributed by atoms with Crippen molar-refractivity contribution in [3.05, 3.63) is 12.2 Å². The SMILES string of the molecule is CCn1cnnc1CNC(=O)N1CCC(N2CCCCC2)CC1. The Bertz CT molecular complexity index is 502. The quantitative estimate of drug-likeness (QED) is 0.912. The molecule has 2 amide bonds. The van der Waals surface area contributed by atoms with Crippen LogP contribution in [0, 0.1) is 0 Å². The smallest absolute Gasteiger partial charge is 0.317 e. The lowest BCUT2D eigenvalue weighted by atomic mass is 10.0. The van der Waals surface area contributed by atoms with Gasteiger partial charge in [-0.05, 0) is 45.7 Å². The summed E-state index contributed by atoms with van der Waals surface area (Å²) >= 11 is 0. The molecule has 7 heteroatoms. The minimum absolute atomic E-state index is 0.0211. The highest BCUT2D eigenvalue weighted by molar-refractivity contribution is 5.74. The van der Waals surface area contributed by atoms with E-state index >= 15 is 0 Å². The average molecular weight is 320 g/mol. The molecule has 0 unspecified atom stereocenters. The van der Waals surface area contributed by atoms with E-state index in [1.54, 1.807) is 6.33 Å². The number of urea groups is 1. The van der Waals surface area contributed by atoms with Crippen molar-refractivity contribution in [1.29, 1.82) is 0 Å². The van der Waals surface area contributed by atoms with Gasteiger partial charge in [0.05, 0.1) is 6.54 Å². The summed E-state index contributed by atoms with van der Waals surface area (Å²) in [6, 6.07) is 0.690. The van der Waals surface area contributed by atoms with Gasteiger partial charge < -0.3 is 19.7 Å². The topological polar surface area (TPSA) is 66.3 Å². The molecule has 0 radical (unpaired) electrons. The lowest BCUT2D eigenvalue weighted by Gasteiger charge is -2.40. The van der Waals surface area contributed by atoms with E-state index in [0.717, 1.165) is 38.3 Å². The largest absolute Gasteiger partial charge is 0.331 e. The van der Waals surface area contributed by atoms with Gasteiger partial charge in [-0.2, -0.15) is 0 Å². The zero-order valence-electron chi connectivity index (χ0n) is 14.1. The van der Waals surface area contributed by atoms with Crippen LogP contribution in [0.1, 0.15) is 44.9 Å². The molecule has 2 aliphatic rings. The fourth-order valence-electron chi connectivity index (χ4n) is 3.66. The van der Waals surface area contributed by atoms with Gasteiger partial charge in [0.15, 0.2) is 5.82 Å². The normalized spacial score (nSPS) is 20.7. The number of likely N-dealkylation sites (tertiary alicyclic amines) is 2. The molecule has 1 N–H and O–H groups in total. The summed E-state index contributed by atoms with van der Waals surface area (Å²) in [4.78, 5) is 16.9. The number of carbonyl (C=O) groups excluding carboxylic acids is 1. The molecule has 0 bridgehead atoms. The minimum atomic E-state index is 0.0211. The third-order valence-electron chi connectivity index (χ3n) is 5.09. The maximum absolute atomic E-state index is 12.3. The van der Waals surface area contributed by atoms with Crippen LogP contribution in [-0.2, 0) is 13.1 Å². The van der Waals surface area contributed by atoms with Crippen LogP contribution in [0.25, 0.3) is 0 Å². The molecule has 128 valence electrons. The average Bonchev–Trinajstić information content (AvgIpc) is 3.08. The van der Waals surface area contributed by atoms with Gasteiger partial charge in [0, 0.05) is 25.7 Å². The van der Waals surface area contributed by atoms with Gasteiger partial charge in [-0.25, -0.2) is 4.79 Å². The van der Waals surface area contributed by atoms with Crippen LogP contribution >= 0.6 is 0 Å². The van der Waals surface area contributed by atoms with Gasteiger partial charge >= 0.3 is 6.03 Å². The Balaban J connectivity index is 1.43. The number of aryl methyl sites for hydroxylation is 1. The number of nitrogens with zero attached hydrogens (tertiary/aromatic N) is 5. The summed E-state index contributed by atoms with van der Waals surface area (Å²) in [5.41, 5.74) is 0. The van der Waals surface area contributed by atoms with Gasteiger partial charge in [-0.3, -0.25) is 0 Å². The van der Waals surface area contributed by atoms with Crippen molar-refractivity contribution in [1.82, 2.24) is 29.9 Å². The van der Waals surface area contributed by atoms with Crippen LogP contribution in [0.4, 0.5) is 4.79 Å². The summed E-state index contributed by atoms with van der Waals surface area (Å²) in [6.45, 7) is 7.49. The molecule has 0 aromatic carbocycles. The van der Waals surface area contributed by atoms with E-state index in [-0.39, 0.29) is 6.03 Å². The van der Waals surface area contributed by atoms with E-state index < -0.39 is 0 Å². The molecule has 2 saturated heterocycles. The number of hydrogen-bond donors (Lipinski definition) is 1. The summed E-state index contributed by atoms with van der Waals surface area (Å²) in [5.74, 6) is 0.809. The van der Waals surface area contributed by atoms with Crippen LogP contribution in [0.5, 0.6) is 0 Å². The molecule has 2 aliphatic heterocycles. The lowest BCUT2D eigenvalue weighted by molar-refractivity contribution is 0.101. The number of amides is 2. The molecule has 0 atom stereocenters. The number of piperidine rings is 2. The van der Waals surface area contributed by atoms with E-state index in [9.17, 15) is 4.79 Å². The number of carbonyl (C=O) groups is 1. The first-order chi connectivity index (χ1) is 11.3. The van der Waals surface area contributed by atoms with Crippen molar-refractivity contribution in [2.75, 3.05) is 26.2 Å². The van der Waals surface area contributed by atoms with Crippen LogP contribution in [0.15, 0.2) is 6.33 Å². The Morgan fingerprint density at radius 1 is 1.22 bits per heavy atom. The number of hydrogen-bond acceptors (Lipinski definition) is 4. The molecule has 2 fully saturated rings. The second-order valence-corrected chi connectivity index (χ2v) is 6.51. The third kappa shape index (κ3) is 4.02. The van der Waals surface area contributed by atoms with E-state index in [1.807, 2.05) is 16.4 Å². The van der Waals surface area contributed by atoms with Crippen LogP contribution in [0.2, 0.25) is 0 Å². The molecule has 0 spiro atoms. The van der Waals surface area contributed by atoms with Gasteiger partial charge in [-0.15, -0.1) is 10.2 Å². The Morgan fingerprint density at radius 2 is 1.96 bits per heavy atom. The maximum Gasteiger partial charge on any atom is 0.317 e. The molecule has 23 heavy (non-hydrogen) atoms. The van der Waals surface area contributed by atoms with Crippen molar-refractivity contribution in [2.24, 2.45) is 0 Å². The summed E-state index contributed by atoms with van der Waals surface area (Å²) in [5, 5.41) is 10.9. The van der Waals surface area contributed by atoms with Crippen molar-refractivity contribution < 1.29 is 4.79 Å². The fraction of sp³-hybridized carbons (Fsp3) is 0.812.